The monoisotopic (exact) mass is 629 g/mol. The Morgan fingerprint density at radius 3 is 2.15 bits per heavy atom. The third-order valence-corrected chi connectivity index (χ3v) is 8.49. The first-order valence-corrected chi connectivity index (χ1v) is 16.3. The van der Waals surface area contributed by atoms with Gasteiger partial charge in [0.15, 0.2) is 0 Å². The second-order valence-corrected chi connectivity index (χ2v) is 11.5. The van der Waals surface area contributed by atoms with Crippen molar-refractivity contribution in [2.45, 2.75) is 33.6 Å². The fourth-order valence-corrected chi connectivity index (χ4v) is 5.74. The number of nitrogens with two attached hydrogens (primary N) is 2. The van der Waals surface area contributed by atoms with E-state index in [1.54, 1.807) is 6.08 Å². The van der Waals surface area contributed by atoms with Gasteiger partial charge in [0.25, 0.3) is 0 Å². The van der Waals surface area contributed by atoms with Crippen LogP contribution < -0.4 is 11.5 Å². The molecule has 3 nitrogen and oxygen atoms in total. The number of aromatic nitrogens is 1. The summed E-state index contributed by atoms with van der Waals surface area (Å²) in [6, 6.07) is 25.8. The van der Waals surface area contributed by atoms with E-state index in [9.17, 15) is 0 Å². The molecule has 0 fully saturated rings. The van der Waals surface area contributed by atoms with E-state index < -0.39 is 0 Å². The van der Waals surface area contributed by atoms with Gasteiger partial charge in [-0.3, -0.25) is 0 Å². The molecule has 1 heterocycles. The van der Waals surface area contributed by atoms with Crippen molar-refractivity contribution < 1.29 is 0 Å². The van der Waals surface area contributed by atoms with Gasteiger partial charge in [-0.2, -0.15) is 0 Å². The first-order valence-electron chi connectivity index (χ1n) is 16.3. The van der Waals surface area contributed by atoms with Crippen molar-refractivity contribution in [3.8, 4) is 28.1 Å². The lowest BCUT2D eigenvalue weighted by Gasteiger charge is -2.17. The highest BCUT2D eigenvalue weighted by atomic mass is 15.0. The summed E-state index contributed by atoms with van der Waals surface area (Å²) in [7, 11) is 0. The highest BCUT2D eigenvalue weighted by Gasteiger charge is 2.21. The Morgan fingerprint density at radius 2 is 1.50 bits per heavy atom. The molecule has 0 amide bonds. The molecule has 0 aliphatic heterocycles. The van der Waals surface area contributed by atoms with E-state index in [0.29, 0.717) is 6.42 Å². The van der Waals surface area contributed by atoms with Gasteiger partial charge in [-0.1, -0.05) is 123 Å². The smallest absolute Gasteiger partial charge is 0.0572 e. The second kappa shape index (κ2) is 17.2. The average Bonchev–Trinajstić information content (AvgIpc) is 3.37. The zero-order chi connectivity index (χ0) is 34.5. The minimum Gasteiger partial charge on any atom is -0.405 e. The Morgan fingerprint density at radius 1 is 0.792 bits per heavy atom. The summed E-state index contributed by atoms with van der Waals surface area (Å²) in [5.74, 6) is 0. The molecule has 0 aliphatic carbocycles. The van der Waals surface area contributed by atoms with E-state index in [4.69, 9.17) is 11.5 Å². The number of allylic oxidation sites excluding steroid dienone is 11. The number of para-hydroxylation sites is 1. The number of hydrogen-bond donors (Lipinski definition) is 2. The summed E-state index contributed by atoms with van der Waals surface area (Å²) in [6.07, 6.45) is 24.7. The van der Waals surface area contributed by atoms with Crippen molar-refractivity contribution >= 4 is 17.7 Å². The van der Waals surface area contributed by atoms with Gasteiger partial charge in [-0.25, -0.2) is 0 Å². The van der Waals surface area contributed by atoms with Gasteiger partial charge in [0, 0.05) is 29.1 Å². The Balaban J connectivity index is 1.76. The van der Waals surface area contributed by atoms with Gasteiger partial charge >= 0.3 is 0 Å². The average molecular weight is 630 g/mol. The van der Waals surface area contributed by atoms with E-state index in [0.717, 1.165) is 68.2 Å². The van der Waals surface area contributed by atoms with Crippen molar-refractivity contribution in [1.82, 2.24) is 4.57 Å². The molecular formula is C45H47N3. The lowest BCUT2D eigenvalue weighted by atomic mass is 9.94. The summed E-state index contributed by atoms with van der Waals surface area (Å²) in [5.41, 5.74) is 26.0. The molecule has 0 atom stereocenters. The Labute approximate surface area is 287 Å². The highest BCUT2D eigenvalue weighted by molar-refractivity contribution is 5.84. The standard InChI is InChI=1S/C45H47N3/c1-7-35(19-16-17-21-41(47)20-13-12-18-30-46)31-44-33(5)34(6)45(48(44)42-22-14-11-15-23-42)43-29-28-40(32-37(43)10-4)39-26-24-38(25-27-39)36(8-2)9-3/h7-18,21-32H,1-2,4,19-20,46-47H2,3,5-6H3/b13-12-,17-16-,30-18-,35-31+,36-9+,41-21-. The number of benzene rings is 3. The zero-order valence-electron chi connectivity index (χ0n) is 28.5. The van der Waals surface area contributed by atoms with Gasteiger partial charge in [-0.05, 0) is 114 Å². The zero-order valence-corrected chi connectivity index (χ0v) is 28.5. The van der Waals surface area contributed by atoms with E-state index >= 15 is 0 Å². The van der Waals surface area contributed by atoms with Crippen molar-refractivity contribution in [3.05, 3.63) is 193 Å². The lowest BCUT2D eigenvalue weighted by Crippen LogP contribution is -2.01. The molecule has 0 radical (unpaired) electrons. The van der Waals surface area contributed by atoms with Crippen LogP contribution in [0.5, 0.6) is 0 Å². The summed E-state index contributed by atoms with van der Waals surface area (Å²) in [5, 5.41) is 0. The topological polar surface area (TPSA) is 57.0 Å². The van der Waals surface area contributed by atoms with Crippen LogP contribution in [0.15, 0.2) is 165 Å². The van der Waals surface area contributed by atoms with Crippen LogP contribution in [-0.4, -0.2) is 4.57 Å². The van der Waals surface area contributed by atoms with Gasteiger partial charge in [0.05, 0.1) is 5.69 Å². The quantitative estimate of drug-likeness (QED) is 0.136. The molecular weight excluding hydrogens is 583 g/mol. The predicted molar refractivity (Wildman–Crippen MR) is 211 cm³/mol. The van der Waals surface area contributed by atoms with Crippen LogP contribution in [0, 0.1) is 13.8 Å². The molecule has 0 unspecified atom stereocenters. The number of nitrogens with zero attached hydrogens (tertiary/aromatic N) is 1. The van der Waals surface area contributed by atoms with E-state index in [2.05, 4.69) is 129 Å². The fraction of sp³-hybridized carbons (Fsp3) is 0.111. The molecule has 0 aliphatic rings. The van der Waals surface area contributed by atoms with E-state index in [1.807, 2.05) is 49.5 Å². The van der Waals surface area contributed by atoms with Crippen molar-refractivity contribution in [1.29, 1.82) is 0 Å². The molecule has 3 heteroatoms. The van der Waals surface area contributed by atoms with Crippen LogP contribution in [0.3, 0.4) is 0 Å². The minimum absolute atomic E-state index is 0.664. The maximum absolute atomic E-state index is 6.15. The summed E-state index contributed by atoms with van der Waals surface area (Å²) >= 11 is 0. The molecule has 1 aromatic heterocycles. The van der Waals surface area contributed by atoms with Gasteiger partial charge < -0.3 is 16.0 Å². The third kappa shape index (κ3) is 8.31. The van der Waals surface area contributed by atoms with Crippen molar-refractivity contribution in [2.75, 3.05) is 0 Å². The normalized spacial score (nSPS) is 12.8. The predicted octanol–water partition coefficient (Wildman–Crippen LogP) is 11.4. The Kier molecular flexibility index (Phi) is 12.6. The summed E-state index contributed by atoms with van der Waals surface area (Å²) in [6.45, 7) is 18.7. The molecule has 3 aromatic carbocycles. The molecule has 242 valence electrons. The molecule has 0 spiro atoms. The first-order chi connectivity index (χ1) is 23.4. The molecule has 4 aromatic rings. The van der Waals surface area contributed by atoms with Crippen LogP contribution in [0.1, 0.15) is 47.7 Å². The van der Waals surface area contributed by atoms with E-state index in [-0.39, 0.29) is 0 Å². The number of rotatable bonds is 14. The maximum atomic E-state index is 6.15. The minimum atomic E-state index is 0.664. The van der Waals surface area contributed by atoms with Gasteiger partial charge in [0.1, 0.15) is 0 Å². The maximum Gasteiger partial charge on any atom is 0.0572 e. The summed E-state index contributed by atoms with van der Waals surface area (Å²) in [4.78, 5) is 0. The third-order valence-electron chi connectivity index (χ3n) is 8.49. The molecule has 0 bridgehead atoms. The first kappa shape index (κ1) is 35.1. The lowest BCUT2D eigenvalue weighted by molar-refractivity contribution is 1.06. The Hall–Kier alpha value is -5.80. The van der Waals surface area contributed by atoms with Crippen LogP contribution >= 0.6 is 0 Å². The molecule has 4 rings (SSSR count). The van der Waals surface area contributed by atoms with Gasteiger partial charge in [-0.15, -0.1) is 0 Å². The van der Waals surface area contributed by atoms with E-state index in [1.165, 1.54) is 17.3 Å². The number of hydrogen-bond acceptors (Lipinski definition) is 2. The SMILES string of the molecule is C=C/C(=C\c1c(C)c(C)c(-c2ccc(-c3ccc(/C(C=C)=C/C)cc3)cc2C=C)n1-c1ccccc1)C/C=C\C=C(/N)C/C=C\C=C/N. The highest BCUT2D eigenvalue weighted by Crippen LogP contribution is 2.39. The second-order valence-electron chi connectivity index (χ2n) is 11.5. The Bertz CT molecular complexity index is 1940. The van der Waals surface area contributed by atoms with Crippen LogP contribution in [0.2, 0.25) is 0 Å². The molecule has 48 heavy (non-hydrogen) atoms. The van der Waals surface area contributed by atoms with Crippen LogP contribution in [-0.2, 0) is 0 Å². The molecule has 0 saturated carbocycles. The van der Waals surface area contributed by atoms with Crippen LogP contribution in [0.25, 0.3) is 45.8 Å². The van der Waals surface area contributed by atoms with Gasteiger partial charge in [0.2, 0.25) is 0 Å². The fourth-order valence-electron chi connectivity index (χ4n) is 5.74. The summed E-state index contributed by atoms with van der Waals surface area (Å²) < 4.78 is 2.36. The molecule has 0 saturated heterocycles. The van der Waals surface area contributed by atoms with Crippen molar-refractivity contribution in [3.63, 3.8) is 0 Å². The molecule has 4 N–H and O–H groups in total. The van der Waals surface area contributed by atoms with Crippen molar-refractivity contribution in [2.24, 2.45) is 11.5 Å². The largest absolute Gasteiger partial charge is 0.405 e. The van der Waals surface area contributed by atoms with Crippen LogP contribution in [0.4, 0.5) is 0 Å².